The number of carbonyl (C=O) groups is 1. The summed E-state index contributed by atoms with van der Waals surface area (Å²) in [5.74, 6) is 1.97. The second kappa shape index (κ2) is 9.79. The number of anilines is 1. The SMILES string of the molecule is COc1cc(NC(=O)CSc2ccc(-c3ccccc3OC)nn2)cc(OC)c1. The number of aromatic nitrogens is 2. The summed E-state index contributed by atoms with van der Waals surface area (Å²) in [4.78, 5) is 12.3. The molecule has 8 heteroatoms. The summed E-state index contributed by atoms with van der Waals surface area (Å²) in [7, 11) is 4.74. The van der Waals surface area contributed by atoms with Crippen molar-refractivity contribution < 1.29 is 19.0 Å². The number of nitrogens with one attached hydrogen (secondary N) is 1. The van der Waals surface area contributed by atoms with Crippen LogP contribution in [0.2, 0.25) is 0 Å². The van der Waals surface area contributed by atoms with Gasteiger partial charge in [-0.3, -0.25) is 4.79 Å². The van der Waals surface area contributed by atoms with E-state index in [1.807, 2.05) is 36.4 Å². The molecule has 0 bridgehead atoms. The van der Waals surface area contributed by atoms with Gasteiger partial charge in [-0.25, -0.2) is 0 Å². The van der Waals surface area contributed by atoms with Gasteiger partial charge in [-0.15, -0.1) is 10.2 Å². The Labute approximate surface area is 173 Å². The van der Waals surface area contributed by atoms with Gasteiger partial charge in [0.25, 0.3) is 0 Å². The van der Waals surface area contributed by atoms with Crippen LogP contribution in [0.1, 0.15) is 0 Å². The second-order valence-electron chi connectivity index (χ2n) is 5.90. The number of hydrogen-bond acceptors (Lipinski definition) is 7. The standard InChI is InChI=1S/C21H21N3O4S/c1-26-15-10-14(11-16(12-15)27-2)22-20(25)13-29-21-9-8-18(23-24-21)17-6-4-5-7-19(17)28-3/h4-12H,13H2,1-3H3,(H,22,25). The van der Waals surface area contributed by atoms with Crippen LogP contribution in [0.4, 0.5) is 5.69 Å². The largest absolute Gasteiger partial charge is 0.497 e. The van der Waals surface area contributed by atoms with E-state index in [2.05, 4.69) is 15.5 Å². The minimum atomic E-state index is -0.166. The molecule has 3 aromatic rings. The molecule has 2 aromatic carbocycles. The van der Waals surface area contributed by atoms with Crippen molar-refractivity contribution in [1.29, 1.82) is 0 Å². The number of amides is 1. The average Bonchev–Trinajstić information content (AvgIpc) is 2.77. The Hall–Kier alpha value is -3.26. The fourth-order valence-electron chi connectivity index (χ4n) is 2.61. The van der Waals surface area contributed by atoms with Gasteiger partial charge in [0.1, 0.15) is 22.3 Å². The Morgan fingerprint density at radius 2 is 1.66 bits per heavy atom. The molecular formula is C21H21N3O4S. The number of benzene rings is 2. The van der Waals surface area contributed by atoms with Crippen LogP contribution in [0.3, 0.4) is 0 Å². The highest BCUT2D eigenvalue weighted by Crippen LogP contribution is 2.29. The van der Waals surface area contributed by atoms with Crippen LogP contribution in [-0.2, 0) is 4.79 Å². The number of rotatable bonds is 8. The van der Waals surface area contributed by atoms with Crippen LogP contribution in [0.25, 0.3) is 11.3 Å². The Kier molecular flexibility index (Phi) is 6.91. The van der Waals surface area contributed by atoms with Gasteiger partial charge < -0.3 is 19.5 Å². The second-order valence-corrected chi connectivity index (χ2v) is 6.89. The highest BCUT2D eigenvalue weighted by Gasteiger charge is 2.10. The smallest absolute Gasteiger partial charge is 0.234 e. The van der Waals surface area contributed by atoms with E-state index >= 15 is 0 Å². The molecule has 29 heavy (non-hydrogen) atoms. The van der Waals surface area contributed by atoms with Gasteiger partial charge in [0.05, 0.1) is 32.8 Å². The lowest BCUT2D eigenvalue weighted by Crippen LogP contribution is -2.14. The molecule has 3 rings (SSSR count). The van der Waals surface area contributed by atoms with Crippen LogP contribution in [-0.4, -0.2) is 43.2 Å². The Balaban J connectivity index is 1.61. The van der Waals surface area contributed by atoms with Crippen molar-refractivity contribution in [2.24, 2.45) is 0 Å². The Morgan fingerprint density at radius 1 is 0.931 bits per heavy atom. The zero-order valence-electron chi connectivity index (χ0n) is 16.3. The van der Waals surface area contributed by atoms with Gasteiger partial charge >= 0.3 is 0 Å². The Morgan fingerprint density at radius 3 is 2.28 bits per heavy atom. The molecule has 7 nitrogen and oxygen atoms in total. The molecule has 0 radical (unpaired) electrons. The van der Waals surface area contributed by atoms with E-state index in [1.165, 1.54) is 11.8 Å². The maximum atomic E-state index is 12.3. The number of thioether (sulfide) groups is 1. The number of nitrogens with zero attached hydrogens (tertiary/aromatic N) is 2. The number of hydrogen-bond donors (Lipinski definition) is 1. The van der Waals surface area contributed by atoms with E-state index in [-0.39, 0.29) is 11.7 Å². The zero-order chi connectivity index (χ0) is 20.6. The lowest BCUT2D eigenvalue weighted by atomic mass is 10.1. The first kappa shape index (κ1) is 20.5. The fourth-order valence-corrected chi connectivity index (χ4v) is 3.23. The minimum Gasteiger partial charge on any atom is -0.497 e. The highest BCUT2D eigenvalue weighted by molar-refractivity contribution is 7.99. The molecule has 0 aliphatic heterocycles. The molecule has 0 aliphatic carbocycles. The topological polar surface area (TPSA) is 82.6 Å². The lowest BCUT2D eigenvalue weighted by molar-refractivity contribution is -0.113. The molecule has 1 amide bonds. The van der Waals surface area contributed by atoms with Gasteiger partial charge in [-0.1, -0.05) is 23.9 Å². The normalized spacial score (nSPS) is 10.3. The molecule has 0 fully saturated rings. The van der Waals surface area contributed by atoms with E-state index in [9.17, 15) is 4.79 Å². The summed E-state index contributed by atoms with van der Waals surface area (Å²) in [6.45, 7) is 0. The van der Waals surface area contributed by atoms with Crippen molar-refractivity contribution in [1.82, 2.24) is 10.2 Å². The van der Waals surface area contributed by atoms with Gasteiger partial charge in [0, 0.05) is 29.4 Å². The van der Waals surface area contributed by atoms with Gasteiger partial charge in [0.15, 0.2) is 0 Å². The first-order valence-electron chi connectivity index (χ1n) is 8.75. The van der Waals surface area contributed by atoms with E-state index < -0.39 is 0 Å². The molecule has 1 N–H and O–H groups in total. The van der Waals surface area contributed by atoms with Crippen molar-refractivity contribution >= 4 is 23.4 Å². The van der Waals surface area contributed by atoms with E-state index in [4.69, 9.17) is 14.2 Å². The van der Waals surface area contributed by atoms with Gasteiger partial charge in [0.2, 0.25) is 5.91 Å². The molecule has 1 heterocycles. The first-order chi connectivity index (χ1) is 14.1. The van der Waals surface area contributed by atoms with Crippen molar-refractivity contribution in [3.05, 3.63) is 54.6 Å². The first-order valence-corrected chi connectivity index (χ1v) is 9.74. The number of methoxy groups -OCH3 is 3. The molecule has 1 aromatic heterocycles. The number of carbonyl (C=O) groups excluding carboxylic acids is 1. The van der Waals surface area contributed by atoms with E-state index in [0.29, 0.717) is 27.9 Å². The summed E-state index contributed by atoms with van der Waals surface area (Å²) < 4.78 is 15.8. The van der Waals surface area contributed by atoms with Crippen molar-refractivity contribution in [2.75, 3.05) is 32.4 Å². The molecule has 0 aliphatic rings. The minimum absolute atomic E-state index is 0.166. The molecular weight excluding hydrogens is 390 g/mol. The molecule has 150 valence electrons. The number of para-hydroxylation sites is 1. The molecule has 0 saturated carbocycles. The zero-order valence-corrected chi connectivity index (χ0v) is 17.2. The van der Waals surface area contributed by atoms with Crippen molar-refractivity contribution in [2.45, 2.75) is 5.03 Å². The predicted octanol–water partition coefficient (Wildman–Crippen LogP) is 3.90. The summed E-state index contributed by atoms with van der Waals surface area (Å²) in [5, 5.41) is 11.9. The van der Waals surface area contributed by atoms with Crippen LogP contribution in [0.15, 0.2) is 59.6 Å². The third-order valence-electron chi connectivity index (χ3n) is 4.01. The van der Waals surface area contributed by atoms with Crippen LogP contribution in [0, 0.1) is 0 Å². The van der Waals surface area contributed by atoms with E-state index in [1.54, 1.807) is 39.5 Å². The predicted molar refractivity (Wildman–Crippen MR) is 113 cm³/mol. The number of ether oxygens (including phenoxy) is 3. The summed E-state index contributed by atoms with van der Waals surface area (Å²) in [5.41, 5.74) is 2.17. The molecule has 0 atom stereocenters. The van der Waals surface area contributed by atoms with Gasteiger partial charge in [-0.2, -0.15) is 0 Å². The lowest BCUT2D eigenvalue weighted by Gasteiger charge is -2.10. The third-order valence-corrected chi connectivity index (χ3v) is 4.93. The van der Waals surface area contributed by atoms with E-state index in [0.717, 1.165) is 11.3 Å². The maximum Gasteiger partial charge on any atom is 0.234 e. The van der Waals surface area contributed by atoms with Crippen molar-refractivity contribution in [3.8, 4) is 28.5 Å². The Bertz CT molecular complexity index is 958. The summed E-state index contributed by atoms with van der Waals surface area (Å²) >= 11 is 1.30. The van der Waals surface area contributed by atoms with Crippen molar-refractivity contribution in [3.63, 3.8) is 0 Å². The quantitative estimate of drug-likeness (QED) is 0.563. The van der Waals surface area contributed by atoms with Gasteiger partial charge in [-0.05, 0) is 24.3 Å². The van der Waals surface area contributed by atoms with Crippen LogP contribution < -0.4 is 19.5 Å². The maximum absolute atomic E-state index is 12.3. The monoisotopic (exact) mass is 411 g/mol. The average molecular weight is 411 g/mol. The summed E-state index contributed by atoms with van der Waals surface area (Å²) in [6, 6.07) is 16.5. The van der Waals surface area contributed by atoms with Crippen LogP contribution >= 0.6 is 11.8 Å². The molecule has 0 saturated heterocycles. The third kappa shape index (κ3) is 5.39. The highest BCUT2D eigenvalue weighted by atomic mass is 32.2. The molecule has 0 spiro atoms. The fraction of sp³-hybridized carbons (Fsp3) is 0.190. The molecule has 0 unspecified atom stereocenters. The van der Waals surface area contributed by atoms with Crippen LogP contribution in [0.5, 0.6) is 17.2 Å². The summed E-state index contributed by atoms with van der Waals surface area (Å²) in [6.07, 6.45) is 0.